The third-order valence-electron chi connectivity index (χ3n) is 2.75. The second-order valence-corrected chi connectivity index (χ2v) is 3.73. The number of hydrogen-bond acceptors (Lipinski definition) is 1. The Morgan fingerprint density at radius 2 is 2.29 bits per heavy atom. The third kappa shape index (κ3) is 1.65. The molecule has 1 aromatic carbocycles. The Bertz CT molecular complexity index is 344. The zero-order valence-electron chi connectivity index (χ0n) is 8.59. The van der Waals surface area contributed by atoms with Gasteiger partial charge in [-0.25, -0.2) is 0 Å². The molecule has 1 saturated heterocycles. The largest absolute Gasteiger partial charge is 0.330 e. The Balaban J connectivity index is 2.26. The first-order valence-electron chi connectivity index (χ1n) is 5.25. The SMILES string of the molecule is CCc1cccc(N2CCCC2=N)c1. The second kappa shape index (κ2) is 3.82. The number of rotatable bonds is 2. The second-order valence-electron chi connectivity index (χ2n) is 3.73. The minimum absolute atomic E-state index is 0.762. The van der Waals surface area contributed by atoms with E-state index in [0.717, 1.165) is 31.6 Å². The van der Waals surface area contributed by atoms with Crippen LogP contribution in [0, 0.1) is 5.41 Å². The fourth-order valence-corrected chi connectivity index (χ4v) is 1.90. The first-order chi connectivity index (χ1) is 6.81. The number of amidine groups is 1. The smallest absolute Gasteiger partial charge is 0.100 e. The Hall–Kier alpha value is -1.31. The zero-order chi connectivity index (χ0) is 9.97. The lowest BCUT2D eigenvalue weighted by molar-refractivity contribution is 0.955. The molecule has 2 heteroatoms. The molecule has 0 spiro atoms. The van der Waals surface area contributed by atoms with Crippen LogP contribution in [0.15, 0.2) is 24.3 Å². The van der Waals surface area contributed by atoms with Crippen molar-refractivity contribution in [3.05, 3.63) is 29.8 Å². The van der Waals surface area contributed by atoms with Crippen LogP contribution in [0.4, 0.5) is 5.69 Å². The number of hydrogen-bond donors (Lipinski definition) is 1. The molecule has 0 bridgehead atoms. The van der Waals surface area contributed by atoms with E-state index in [1.54, 1.807) is 0 Å². The van der Waals surface area contributed by atoms with Crippen molar-refractivity contribution in [3.8, 4) is 0 Å². The lowest BCUT2D eigenvalue weighted by Gasteiger charge is -2.18. The minimum atomic E-state index is 0.762. The van der Waals surface area contributed by atoms with Crippen molar-refractivity contribution in [2.24, 2.45) is 0 Å². The summed E-state index contributed by atoms with van der Waals surface area (Å²) in [5.74, 6) is 0.762. The Morgan fingerprint density at radius 3 is 2.93 bits per heavy atom. The van der Waals surface area contributed by atoms with Crippen LogP contribution in [0.1, 0.15) is 25.3 Å². The topological polar surface area (TPSA) is 27.1 Å². The highest BCUT2D eigenvalue weighted by molar-refractivity contribution is 5.97. The summed E-state index contributed by atoms with van der Waals surface area (Å²) in [7, 11) is 0. The van der Waals surface area contributed by atoms with E-state index in [1.165, 1.54) is 11.3 Å². The van der Waals surface area contributed by atoms with Crippen LogP contribution >= 0.6 is 0 Å². The van der Waals surface area contributed by atoms with Crippen molar-refractivity contribution in [2.45, 2.75) is 26.2 Å². The van der Waals surface area contributed by atoms with E-state index in [2.05, 4.69) is 36.1 Å². The molecule has 0 amide bonds. The van der Waals surface area contributed by atoms with Gasteiger partial charge in [0.25, 0.3) is 0 Å². The molecule has 1 fully saturated rings. The van der Waals surface area contributed by atoms with Gasteiger partial charge in [0.2, 0.25) is 0 Å². The van der Waals surface area contributed by atoms with E-state index in [4.69, 9.17) is 5.41 Å². The normalized spacial score (nSPS) is 16.4. The van der Waals surface area contributed by atoms with Crippen LogP contribution in [0.25, 0.3) is 0 Å². The molecule has 0 unspecified atom stereocenters. The monoisotopic (exact) mass is 188 g/mol. The maximum absolute atomic E-state index is 7.80. The van der Waals surface area contributed by atoms with E-state index in [1.807, 2.05) is 0 Å². The van der Waals surface area contributed by atoms with Gasteiger partial charge in [0.1, 0.15) is 5.84 Å². The quantitative estimate of drug-likeness (QED) is 0.759. The van der Waals surface area contributed by atoms with Crippen LogP contribution in [0.5, 0.6) is 0 Å². The van der Waals surface area contributed by atoms with E-state index in [9.17, 15) is 0 Å². The maximum atomic E-state index is 7.80. The molecule has 74 valence electrons. The van der Waals surface area contributed by atoms with Gasteiger partial charge in [0.15, 0.2) is 0 Å². The predicted molar refractivity (Wildman–Crippen MR) is 60.1 cm³/mol. The lowest BCUT2D eigenvalue weighted by atomic mass is 10.1. The molecule has 1 aromatic rings. The molecular weight excluding hydrogens is 172 g/mol. The zero-order valence-corrected chi connectivity index (χ0v) is 8.59. The van der Waals surface area contributed by atoms with Gasteiger partial charge in [-0.1, -0.05) is 19.1 Å². The van der Waals surface area contributed by atoms with Gasteiger partial charge in [-0.15, -0.1) is 0 Å². The van der Waals surface area contributed by atoms with E-state index in [0.29, 0.717) is 0 Å². The van der Waals surface area contributed by atoms with E-state index >= 15 is 0 Å². The Morgan fingerprint density at radius 1 is 1.43 bits per heavy atom. The number of nitrogens with zero attached hydrogens (tertiary/aromatic N) is 1. The van der Waals surface area contributed by atoms with Crippen LogP contribution in [0.3, 0.4) is 0 Å². The molecule has 0 aliphatic carbocycles. The average molecular weight is 188 g/mol. The summed E-state index contributed by atoms with van der Waals surface area (Å²) in [6.07, 6.45) is 3.11. The Labute approximate surface area is 85.1 Å². The van der Waals surface area contributed by atoms with Crippen molar-refractivity contribution in [3.63, 3.8) is 0 Å². The number of nitrogens with one attached hydrogen (secondary N) is 1. The van der Waals surface area contributed by atoms with Gasteiger partial charge in [0.05, 0.1) is 0 Å². The molecule has 0 radical (unpaired) electrons. The van der Waals surface area contributed by atoms with E-state index < -0.39 is 0 Å². The van der Waals surface area contributed by atoms with Gasteiger partial charge >= 0.3 is 0 Å². The number of aryl methyl sites for hydroxylation is 1. The van der Waals surface area contributed by atoms with Crippen LogP contribution < -0.4 is 4.90 Å². The van der Waals surface area contributed by atoms with E-state index in [-0.39, 0.29) is 0 Å². The molecule has 1 aliphatic heterocycles. The van der Waals surface area contributed by atoms with Crippen LogP contribution in [-0.4, -0.2) is 12.4 Å². The highest BCUT2D eigenvalue weighted by Gasteiger charge is 2.17. The molecule has 2 nitrogen and oxygen atoms in total. The molecule has 0 saturated carbocycles. The maximum Gasteiger partial charge on any atom is 0.100 e. The third-order valence-corrected chi connectivity index (χ3v) is 2.75. The van der Waals surface area contributed by atoms with Gasteiger partial charge in [0, 0.05) is 18.7 Å². The van der Waals surface area contributed by atoms with Crippen molar-refractivity contribution in [1.29, 1.82) is 5.41 Å². The molecule has 14 heavy (non-hydrogen) atoms. The average Bonchev–Trinajstić information content (AvgIpc) is 2.65. The standard InChI is InChI=1S/C12H16N2/c1-2-10-5-3-6-11(9-10)14-8-4-7-12(14)13/h3,5-6,9,13H,2,4,7-8H2,1H3. The summed E-state index contributed by atoms with van der Waals surface area (Å²) in [5.41, 5.74) is 2.54. The molecule has 1 heterocycles. The van der Waals surface area contributed by atoms with Crippen molar-refractivity contribution in [2.75, 3.05) is 11.4 Å². The Kier molecular flexibility index (Phi) is 2.53. The molecule has 0 aromatic heterocycles. The van der Waals surface area contributed by atoms with Crippen molar-refractivity contribution >= 4 is 11.5 Å². The molecular formula is C12H16N2. The highest BCUT2D eigenvalue weighted by atomic mass is 15.2. The summed E-state index contributed by atoms with van der Waals surface area (Å²) in [6.45, 7) is 3.17. The summed E-state index contributed by atoms with van der Waals surface area (Å²) in [5, 5.41) is 7.80. The summed E-state index contributed by atoms with van der Waals surface area (Å²) in [4.78, 5) is 2.11. The fourth-order valence-electron chi connectivity index (χ4n) is 1.90. The molecule has 2 rings (SSSR count). The van der Waals surface area contributed by atoms with Crippen LogP contribution in [0.2, 0.25) is 0 Å². The van der Waals surface area contributed by atoms with Gasteiger partial charge in [-0.05, 0) is 30.5 Å². The van der Waals surface area contributed by atoms with Crippen molar-refractivity contribution in [1.82, 2.24) is 0 Å². The lowest BCUT2D eigenvalue weighted by Crippen LogP contribution is -2.23. The first-order valence-corrected chi connectivity index (χ1v) is 5.25. The minimum Gasteiger partial charge on any atom is -0.330 e. The predicted octanol–water partition coefficient (Wildman–Crippen LogP) is 2.83. The van der Waals surface area contributed by atoms with Gasteiger partial charge < -0.3 is 4.90 Å². The summed E-state index contributed by atoms with van der Waals surface area (Å²) in [6, 6.07) is 8.52. The molecule has 1 N–H and O–H groups in total. The molecule has 0 atom stereocenters. The van der Waals surface area contributed by atoms with Gasteiger partial charge in [-0.3, -0.25) is 5.41 Å². The summed E-state index contributed by atoms with van der Waals surface area (Å²) < 4.78 is 0. The number of benzene rings is 1. The first kappa shape index (κ1) is 9.25. The van der Waals surface area contributed by atoms with Crippen LogP contribution in [-0.2, 0) is 6.42 Å². The number of anilines is 1. The van der Waals surface area contributed by atoms with Crippen molar-refractivity contribution < 1.29 is 0 Å². The summed E-state index contributed by atoms with van der Waals surface area (Å²) >= 11 is 0. The molecule has 1 aliphatic rings. The highest BCUT2D eigenvalue weighted by Crippen LogP contribution is 2.22. The van der Waals surface area contributed by atoms with Gasteiger partial charge in [-0.2, -0.15) is 0 Å². The fraction of sp³-hybridized carbons (Fsp3) is 0.417.